The highest BCUT2D eigenvalue weighted by Gasteiger charge is 2.14. The van der Waals surface area contributed by atoms with Crippen LogP contribution in [0.4, 0.5) is 0 Å². The molecule has 0 spiro atoms. The van der Waals surface area contributed by atoms with Crippen molar-refractivity contribution in [1.82, 2.24) is 10.2 Å². The number of nitrogens with zero attached hydrogens (tertiary/aromatic N) is 2. The Morgan fingerprint density at radius 2 is 2.07 bits per heavy atom. The van der Waals surface area contributed by atoms with Gasteiger partial charge in [-0.05, 0) is 12.8 Å². The van der Waals surface area contributed by atoms with Gasteiger partial charge in [-0.25, -0.2) is 4.99 Å². The summed E-state index contributed by atoms with van der Waals surface area (Å²) in [7, 11) is 3.41. The lowest BCUT2D eigenvalue weighted by Gasteiger charge is -2.13. The molecule has 0 unspecified atom stereocenters. The first kappa shape index (κ1) is 11.8. The smallest absolute Gasteiger partial charge is 0.243 e. The number of hydrogen-bond acceptors (Lipinski definition) is 2. The lowest BCUT2D eigenvalue weighted by molar-refractivity contribution is -0.127. The van der Waals surface area contributed by atoms with Crippen molar-refractivity contribution in [2.75, 3.05) is 20.6 Å². The van der Waals surface area contributed by atoms with Gasteiger partial charge >= 0.3 is 0 Å². The van der Waals surface area contributed by atoms with Gasteiger partial charge in [0.25, 0.3) is 0 Å². The van der Waals surface area contributed by atoms with Crippen molar-refractivity contribution >= 4 is 11.9 Å². The number of nitrogens with one attached hydrogen (secondary N) is 1. The van der Waals surface area contributed by atoms with Crippen molar-refractivity contribution in [3.05, 3.63) is 0 Å². The Labute approximate surface area is 90.7 Å². The maximum atomic E-state index is 11.2. The van der Waals surface area contributed by atoms with Gasteiger partial charge in [0.15, 0.2) is 5.96 Å². The number of guanidine groups is 1. The molecule has 1 saturated carbocycles. The topological polar surface area (TPSA) is 70.7 Å². The monoisotopic (exact) mass is 212 g/mol. The molecule has 86 valence electrons. The number of likely N-dealkylation sites (N-methyl/N-ethyl adjacent to an activating group) is 1. The predicted molar refractivity (Wildman–Crippen MR) is 60.6 cm³/mol. The number of nitrogens with two attached hydrogens (primary N) is 1. The van der Waals surface area contributed by atoms with Gasteiger partial charge in [0.2, 0.25) is 5.91 Å². The molecule has 5 heteroatoms. The molecule has 1 aliphatic carbocycles. The molecule has 1 aliphatic rings. The SMILES string of the molecule is CN(C)C(=O)CN=C(N)NC1CCCC1. The van der Waals surface area contributed by atoms with Gasteiger partial charge in [-0.3, -0.25) is 4.79 Å². The first-order valence-corrected chi connectivity index (χ1v) is 5.36. The Morgan fingerprint density at radius 3 is 2.60 bits per heavy atom. The average molecular weight is 212 g/mol. The first-order chi connectivity index (χ1) is 7.09. The van der Waals surface area contributed by atoms with Crippen molar-refractivity contribution in [2.24, 2.45) is 10.7 Å². The minimum absolute atomic E-state index is 0.0360. The molecule has 0 saturated heterocycles. The Kier molecular flexibility index (Phi) is 4.39. The molecule has 15 heavy (non-hydrogen) atoms. The van der Waals surface area contributed by atoms with Crippen molar-refractivity contribution in [2.45, 2.75) is 31.7 Å². The number of carbonyl (C=O) groups excluding carboxylic acids is 1. The van der Waals surface area contributed by atoms with E-state index >= 15 is 0 Å². The third kappa shape index (κ3) is 4.18. The van der Waals surface area contributed by atoms with Gasteiger partial charge < -0.3 is 16.0 Å². The van der Waals surface area contributed by atoms with Crippen LogP contribution >= 0.6 is 0 Å². The average Bonchev–Trinajstić information content (AvgIpc) is 2.66. The number of carbonyl (C=O) groups is 1. The number of amides is 1. The number of hydrogen-bond donors (Lipinski definition) is 2. The van der Waals surface area contributed by atoms with E-state index < -0.39 is 0 Å². The molecule has 0 aromatic carbocycles. The van der Waals surface area contributed by atoms with Crippen molar-refractivity contribution < 1.29 is 4.79 Å². The standard InChI is InChI=1S/C10H20N4O/c1-14(2)9(15)7-12-10(11)13-8-5-3-4-6-8/h8H,3-7H2,1-2H3,(H3,11,12,13). The van der Waals surface area contributed by atoms with Crippen LogP contribution in [-0.2, 0) is 4.79 Å². The lowest BCUT2D eigenvalue weighted by Crippen LogP contribution is -2.39. The van der Waals surface area contributed by atoms with Gasteiger partial charge in [0.05, 0.1) is 0 Å². The summed E-state index contributed by atoms with van der Waals surface area (Å²) in [4.78, 5) is 16.7. The summed E-state index contributed by atoms with van der Waals surface area (Å²) < 4.78 is 0. The Bertz CT molecular complexity index is 244. The molecule has 1 amide bonds. The zero-order valence-electron chi connectivity index (χ0n) is 9.49. The second-order valence-corrected chi connectivity index (χ2v) is 4.12. The van der Waals surface area contributed by atoms with Gasteiger partial charge in [0.1, 0.15) is 6.54 Å². The molecule has 0 aliphatic heterocycles. The summed E-state index contributed by atoms with van der Waals surface area (Å²) in [5, 5.41) is 3.13. The molecule has 0 radical (unpaired) electrons. The van der Waals surface area contributed by atoms with Gasteiger partial charge in [-0.2, -0.15) is 0 Å². The lowest BCUT2D eigenvalue weighted by atomic mass is 10.2. The number of rotatable bonds is 3. The summed E-state index contributed by atoms with van der Waals surface area (Å²) in [6.07, 6.45) is 4.80. The molecular weight excluding hydrogens is 192 g/mol. The maximum absolute atomic E-state index is 11.2. The van der Waals surface area contributed by atoms with E-state index in [2.05, 4.69) is 10.3 Å². The second-order valence-electron chi connectivity index (χ2n) is 4.12. The fourth-order valence-electron chi connectivity index (χ4n) is 1.62. The summed E-state index contributed by atoms with van der Waals surface area (Å²) in [5.74, 6) is 0.350. The van der Waals surface area contributed by atoms with Crippen LogP contribution in [0.3, 0.4) is 0 Å². The summed E-state index contributed by atoms with van der Waals surface area (Å²) >= 11 is 0. The van der Waals surface area contributed by atoms with Gasteiger partial charge in [-0.1, -0.05) is 12.8 Å². The van der Waals surface area contributed by atoms with Crippen LogP contribution < -0.4 is 11.1 Å². The first-order valence-electron chi connectivity index (χ1n) is 5.36. The Hall–Kier alpha value is -1.26. The van der Waals surface area contributed by atoms with E-state index in [1.165, 1.54) is 17.7 Å². The molecule has 1 fully saturated rings. The van der Waals surface area contributed by atoms with Crippen LogP contribution in [0.5, 0.6) is 0 Å². The van der Waals surface area contributed by atoms with E-state index in [1.54, 1.807) is 14.1 Å². The highest BCUT2D eigenvalue weighted by molar-refractivity contribution is 5.83. The molecule has 1 rings (SSSR count). The maximum Gasteiger partial charge on any atom is 0.243 e. The van der Waals surface area contributed by atoms with Crippen molar-refractivity contribution in [3.8, 4) is 0 Å². The second kappa shape index (κ2) is 5.58. The van der Waals surface area contributed by atoms with Gasteiger partial charge in [0, 0.05) is 20.1 Å². The highest BCUT2D eigenvalue weighted by Crippen LogP contribution is 2.17. The van der Waals surface area contributed by atoms with Crippen molar-refractivity contribution in [3.63, 3.8) is 0 Å². The minimum Gasteiger partial charge on any atom is -0.370 e. The van der Waals surface area contributed by atoms with Crippen LogP contribution in [0.15, 0.2) is 4.99 Å². The Balaban J connectivity index is 2.29. The molecule has 0 heterocycles. The van der Waals surface area contributed by atoms with E-state index in [1.807, 2.05) is 0 Å². The van der Waals surface area contributed by atoms with Crippen LogP contribution in [0, 0.1) is 0 Å². The third-order valence-electron chi connectivity index (χ3n) is 2.59. The van der Waals surface area contributed by atoms with E-state index in [0.29, 0.717) is 12.0 Å². The molecule has 5 nitrogen and oxygen atoms in total. The summed E-state index contributed by atoms with van der Waals surface area (Å²) in [5.41, 5.74) is 5.67. The fraction of sp³-hybridized carbons (Fsp3) is 0.800. The normalized spacial score (nSPS) is 17.9. The molecule has 0 bridgehead atoms. The molecule has 0 aromatic heterocycles. The van der Waals surface area contributed by atoms with E-state index in [-0.39, 0.29) is 12.5 Å². The quantitative estimate of drug-likeness (QED) is 0.508. The van der Waals surface area contributed by atoms with Crippen LogP contribution in [0.1, 0.15) is 25.7 Å². The minimum atomic E-state index is -0.0360. The molecule has 0 atom stereocenters. The fourth-order valence-corrected chi connectivity index (χ4v) is 1.62. The number of aliphatic imine (C=N–C) groups is 1. The van der Waals surface area contributed by atoms with Crippen molar-refractivity contribution in [1.29, 1.82) is 0 Å². The zero-order chi connectivity index (χ0) is 11.3. The molecular formula is C10H20N4O. The summed E-state index contributed by atoms with van der Waals surface area (Å²) in [6, 6.07) is 0.447. The van der Waals surface area contributed by atoms with E-state index in [9.17, 15) is 4.79 Å². The van der Waals surface area contributed by atoms with E-state index in [4.69, 9.17) is 5.73 Å². The van der Waals surface area contributed by atoms with Gasteiger partial charge in [-0.15, -0.1) is 0 Å². The summed E-state index contributed by atoms with van der Waals surface area (Å²) in [6.45, 7) is 0.124. The van der Waals surface area contributed by atoms with Crippen LogP contribution in [0.25, 0.3) is 0 Å². The largest absolute Gasteiger partial charge is 0.370 e. The van der Waals surface area contributed by atoms with E-state index in [0.717, 1.165) is 12.8 Å². The zero-order valence-corrected chi connectivity index (χ0v) is 9.49. The molecule has 0 aromatic rings. The highest BCUT2D eigenvalue weighted by atomic mass is 16.2. The van der Waals surface area contributed by atoms with Crippen LogP contribution in [0.2, 0.25) is 0 Å². The third-order valence-corrected chi connectivity index (χ3v) is 2.59. The van der Waals surface area contributed by atoms with Crippen LogP contribution in [-0.4, -0.2) is 43.4 Å². The Morgan fingerprint density at radius 1 is 1.47 bits per heavy atom. The predicted octanol–water partition coefficient (Wildman–Crippen LogP) is -0.0785. The molecule has 3 N–H and O–H groups in total.